The lowest BCUT2D eigenvalue weighted by Crippen LogP contribution is -2.40. The molecule has 0 bridgehead atoms. The summed E-state index contributed by atoms with van der Waals surface area (Å²) in [5.74, 6) is -0.194. The third-order valence-electron chi connectivity index (χ3n) is 6.25. The monoisotopic (exact) mass is 436 g/mol. The molecule has 1 aliphatic heterocycles. The van der Waals surface area contributed by atoms with Crippen molar-refractivity contribution < 1.29 is 18.7 Å². The molecule has 5 heteroatoms. The molecule has 0 aromatic rings. The third-order valence-corrected chi connectivity index (χ3v) is 11.0. The molecule has 3 atom stereocenters. The Morgan fingerprint density at radius 2 is 1.87 bits per heavy atom. The molecule has 0 spiro atoms. The Labute approximate surface area is 185 Å². The second-order valence-electron chi connectivity index (χ2n) is 9.68. The van der Waals surface area contributed by atoms with Crippen LogP contribution in [0, 0.1) is 5.41 Å². The van der Waals surface area contributed by atoms with Crippen molar-refractivity contribution in [2.45, 2.75) is 111 Å². The van der Waals surface area contributed by atoms with Crippen molar-refractivity contribution in [2.24, 2.45) is 5.41 Å². The van der Waals surface area contributed by atoms with Gasteiger partial charge in [-0.05, 0) is 69.8 Å². The van der Waals surface area contributed by atoms with Crippen molar-refractivity contribution in [1.29, 1.82) is 0 Å². The van der Waals surface area contributed by atoms with Gasteiger partial charge in [0.05, 0.1) is 17.6 Å². The number of carbonyl (C=O) groups excluding carboxylic acids is 1. The van der Waals surface area contributed by atoms with E-state index in [1.54, 1.807) is 0 Å². The van der Waals surface area contributed by atoms with Crippen molar-refractivity contribution in [1.82, 2.24) is 0 Å². The molecule has 0 aliphatic carbocycles. The number of hydrogen-bond donors (Lipinski definition) is 0. The average molecular weight is 437 g/mol. The van der Waals surface area contributed by atoms with E-state index < -0.39 is 13.7 Å². The number of ether oxygens (including phenoxy) is 2. The quantitative estimate of drug-likeness (QED) is 0.150. The van der Waals surface area contributed by atoms with E-state index in [9.17, 15) is 4.79 Å². The van der Waals surface area contributed by atoms with Crippen LogP contribution in [0.25, 0.3) is 0 Å². The first-order valence-corrected chi connectivity index (χ1v) is 14.1. The van der Waals surface area contributed by atoms with E-state index in [1.165, 1.54) is 0 Å². The highest BCUT2D eigenvalue weighted by Crippen LogP contribution is 2.32. The first-order valence-electron chi connectivity index (χ1n) is 11.5. The van der Waals surface area contributed by atoms with Gasteiger partial charge in [-0.15, -0.1) is 5.73 Å². The van der Waals surface area contributed by atoms with Crippen molar-refractivity contribution in [3.8, 4) is 0 Å². The fourth-order valence-electron chi connectivity index (χ4n) is 3.86. The van der Waals surface area contributed by atoms with Crippen LogP contribution in [0.3, 0.4) is 0 Å². The Hall–Kier alpha value is -1.13. The average Bonchev–Trinajstić information content (AvgIpc) is 3.06. The van der Waals surface area contributed by atoms with Gasteiger partial charge in [0.1, 0.15) is 6.61 Å². The number of carbonyl (C=O) groups is 1. The molecule has 0 N–H and O–H groups in total. The second-order valence-corrected chi connectivity index (χ2v) is 14.4. The molecule has 1 aliphatic rings. The van der Waals surface area contributed by atoms with E-state index in [-0.39, 0.29) is 24.3 Å². The topological polar surface area (TPSA) is 44.8 Å². The van der Waals surface area contributed by atoms with Gasteiger partial charge in [0.2, 0.25) is 0 Å². The molecule has 1 heterocycles. The minimum absolute atomic E-state index is 0.00315. The molecule has 4 nitrogen and oxygen atoms in total. The third kappa shape index (κ3) is 8.18. The van der Waals surface area contributed by atoms with Crippen LogP contribution in [0.15, 0.2) is 30.0 Å². The van der Waals surface area contributed by atoms with E-state index in [4.69, 9.17) is 13.9 Å². The van der Waals surface area contributed by atoms with Gasteiger partial charge in [-0.2, -0.15) is 0 Å². The van der Waals surface area contributed by atoms with E-state index >= 15 is 0 Å². The summed E-state index contributed by atoms with van der Waals surface area (Å²) < 4.78 is 18.4. The first kappa shape index (κ1) is 26.9. The second kappa shape index (κ2) is 12.0. The largest absolute Gasteiger partial charge is 0.463 e. The van der Waals surface area contributed by atoms with Crippen molar-refractivity contribution in [3.63, 3.8) is 0 Å². The van der Waals surface area contributed by atoms with Crippen molar-refractivity contribution >= 4 is 14.3 Å². The molecule has 0 saturated carbocycles. The van der Waals surface area contributed by atoms with Crippen LogP contribution in [-0.4, -0.2) is 39.2 Å². The zero-order valence-electron chi connectivity index (χ0n) is 20.4. The van der Waals surface area contributed by atoms with Crippen molar-refractivity contribution in [3.05, 3.63) is 30.0 Å². The number of rotatable bonds is 12. The molecule has 1 rings (SSSR count). The highest BCUT2D eigenvalue weighted by atomic mass is 28.4. The molecule has 172 valence electrons. The SMILES string of the molecule is C=C=C(C)C[C@H](CC[C@@H]1O[C@@H](COC(=O)C(C)(C)C)CC1=C)O[Si](CC)(CC)CC. The molecule has 0 aromatic heterocycles. The summed E-state index contributed by atoms with van der Waals surface area (Å²) in [4.78, 5) is 12.0. The summed E-state index contributed by atoms with van der Waals surface area (Å²) in [6.07, 6.45) is 3.48. The summed E-state index contributed by atoms with van der Waals surface area (Å²) in [6.45, 7) is 22.7. The number of esters is 1. The zero-order valence-corrected chi connectivity index (χ0v) is 21.4. The van der Waals surface area contributed by atoms with Crippen molar-refractivity contribution in [2.75, 3.05) is 6.61 Å². The predicted molar refractivity (Wildman–Crippen MR) is 127 cm³/mol. The standard InChI is InChI=1S/C25H44O4Si/c1-10-19(5)16-21(29-30(11-2,12-3)13-4)14-15-23-20(6)17-22(28-23)18-27-24(26)25(7,8)9/h21-23H,1,6,11-18H2,2-5,7-9H3/t21-,22+,23-/m0/s1. The summed E-state index contributed by atoms with van der Waals surface area (Å²) in [5, 5.41) is 0. The summed E-state index contributed by atoms with van der Waals surface area (Å²) >= 11 is 0. The molecule has 0 aromatic carbocycles. The van der Waals surface area contributed by atoms with Gasteiger partial charge in [-0.3, -0.25) is 4.79 Å². The van der Waals surface area contributed by atoms with Gasteiger partial charge in [-0.1, -0.05) is 33.9 Å². The van der Waals surface area contributed by atoms with Crippen LogP contribution in [0.5, 0.6) is 0 Å². The van der Waals surface area contributed by atoms with Crippen LogP contribution < -0.4 is 0 Å². The molecular weight excluding hydrogens is 392 g/mol. The van der Waals surface area contributed by atoms with Gasteiger partial charge < -0.3 is 13.9 Å². The van der Waals surface area contributed by atoms with Gasteiger partial charge in [-0.25, -0.2) is 0 Å². The Kier molecular flexibility index (Phi) is 10.8. The Morgan fingerprint density at radius 3 is 2.37 bits per heavy atom. The predicted octanol–water partition coefficient (Wildman–Crippen LogP) is 6.58. The maximum atomic E-state index is 12.0. The fourth-order valence-corrected chi connectivity index (χ4v) is 6.77. The molecule has 30 heavy (non-hydrogen) atoms. The zero-order chi connectivity index (χ0) is 22.9. The lowest BCUT2D eigenvalue weighted by atomic mass is 9.97. The van der Waals surface area contributed by atoms with E-state index in [2.05, 4.69) is 46.6 Å². The van der Waals surface area contributed by atoms with Crippen LogP contribution in [0.1, 0.15) is 74.1 Å². The van der Waals surface area contributed by atoms with Crippen LogP contribution in [-0.2, 0) is 18.7 Å². The summed E-state index contributed by atoms with van der Waals surface area (Å²) in [5.41, 5.74) is 4.76. The minimum Gasteiger partial charge on any atom is -0.463 e. The van der Waals surface area contributed by atoms with Gasteiger partial charge in [0, 0.05) is 18.9 Å². The minimum atomic E-state index is -1.69. The normalized spacial score (nSPS) is 20.7. The smallest absolute Gasteiger partial charge is 0.311 e. The van der Waals surface area contributed by atoms with Gasteiger partial charge in [0.15, 0.2) is 8.32 Å². The molecule has 0 radical (unpaired) electrons. The Morgan fingerprint density at radius 1 is 1.27 bits per heavy atom. The Bertz CT molecular complexity index is 615. The number of hydrogen-bond acceptors (Lipinski definition) is 4. The maximum absolute atomic E-state index is 12.0. The first-order chi connectivity index (χ1) is 14.0. The van der Waals surface area contributed by atoms with Gasteiger partial charge in [0.25, 0.3) is 0 Å². The summed E-state index contributed by atoms with van der Waals surface area (Å²) in [7, 11) is -1.69. The van der Waals surface area contributed by atoms with Crippen LogP contribution >= 0.6 is 0 Å². The summed E-state index contributed by atoms with van der Waals surface area (Å²) in [6, 6.07) is 3.42. The highest BCUT2D eigenvalue weighted by molar-refractivity contribution is 6.73. The molecular formula is C25H44O4Si. The van der Waals surface area contributed by atoms with Crippen LogP contribution in [0.2, 0.25) is 18.1 Å². The highest BCUT2D eigenvalue weighted by Gasteiger charge is 2.34. The lowest BCUT2D eigenvalue weighted by Gasteiger charge is -2.34. The molecule has 1 fully saturated rings. The Balaban J connectivity index is 2.68. The fraction of sp³-hybridized carbons (Fsp3) is 0.760. The van der Waals surface area contributed by atoms with E-state index in [0.717, 1.165) is 55.0 Å². The van der Waals surface area contributed by atoms with E-state index in [0.29, 0.717) is 6.61 Å². The molecule has 0 amide bonds. The molecule has 0 unspecified atom stereocenters. The maximum Gasteiger partial charge on any atom is 0.311 e. The van der Waals surface area contributed by atoms with E-state index in [1.807, 2.05) is 20.8 Å². The lowest BCUT2D eigenvalue weighted by molar-refractivity contribution is -0.156. The van der Waals surface area contributed by atoms with Gasteiger partial charge >= 0.3 is 5.97 Å². The molecule has 1 saturated heterocycles. The van der Waals surface area contributed by atoms with Crippen LogP contribution in [0.4, 0.5) is 0 Å².